The van der Waals surface area contributed by atoms with Gasteiger partial charge in [-0.15, -0.1) is 0 Å². The molecule has 1 aromatic rings. The number of hydrogen-bond acceptors (Lipinski definition) is 6. The van der Waals surface area contributed by atoms with Gasteiger partial charge in [0, 0.05) is 6.54 Å². The van der Waals surface area contributed by atoms with Crippen LogP contribution >= 0.6 is 0 Å². The molecule has 1 atom stereocenters. The minimum Gasteiger partial charge on any atom is -0.447 e. The maximum absolute atomic E-state index is 12.0. The van der Waals surface area contributed by atoms with Gasteiger partial charge in [0.1, 0.15) is 5.76 Å². The van der Waals surface area contributed by atoms with Crippen LogP contribution in [0.2, 0.25) is 0 Å². The van der Waals surface area contributed by atoms with Crippen LogP contribution in [0.5, 0.6) is 0 Å². The summed E-state index contributed by atoms with van der Waals surface area (Å²) in [5.41, 5.74) is 0. The highest BCUT2D eigenvalue weighted by Gasteiger charge is 2.22. The molecule has 1 fully saturated rings. The molecule has 1 aliphatic rings. The molecule has 1 aliphatic heterocycles. The summed E-state index contributed by atoms with van der Waals surface area (Å²) in [7, 11) is -1.88. The lowest BCUT2D eigenvalue weighted by molar-refractivity contribution is -0.0847. The van der Waals surface area contributed by atoms with Gasteiger partial charge in [-0.3, -0.25) is 0 Å². The van der Waals surface area contributed by atoms with E-state index in [4.69, 9.17) is 13.9 Å². The van der Waals surface area contributed by atoms with E-state index in [9.17, 15) is 8.42 Å². The minimum atomic E-state index is -3.64. The SMILES string of the molecule is CNCc1ccc(S(=O)(=O)NCC2COCCO2)o1. The van der Waals surface area contributed by atoms with Crippen LogP contribution in [0.15, 0.2) is 21.6 Å². The maximum Gasteiger partial charge on any atom is 0.274 e. The first-order valence-electron chi connectivity index (χ1n) is 6.04. The highest BCUT2D eigenvalue weighted by molar-refractivity contribution is 7.89. The van der Waals surface area contributed by atoms with Crippen LogP contribution in [0, 0.1) is 0 Å². The van der Waals surface area contributed by atoms with Gasteiger partial charge >= 0.3 is 0 Å². The average Bonchev–Trinajstić information content (AvgIpc) is 2.88. The molecule has 0 aliphatic carbocycles. The second-order valence-electron chi connectivity index (χ2n) is 4.17. The smallest absolute Gasteiger partial charge is 0.274 e. The van der Waals surface area contributed by atoms with Crippen LogP contribution in [-0.2, 0) is 26.0 Å². The van der Waals surface area contributed by atoms with Gasteiger partial charge in [0.25, 0.3) is 10.0 Å². The van der Waals surface area contributed by atoms with Crippen LogP contribution in [0.25, 0.3) is 0 Å². The van der Waals surface area contributed by atoms with E-state index in [0.29, 0.717) is 32.1 Å². The summed E-state index contributed by atoms with van der Waals surface area (Å²) in [4.78, 5) is 0. The van der Waals surface area contributed by atoms with Crippen molar-refractivity contribution in [2.24, 2.45) is 0 Å². The molecule has 0 saturated carbocycles. The molecule has 0 bridgehead atoms. The number of ether oxygens (including phenoxy) is 2. The summed E-state index contributed by atoms with van der Waals surface area (Å²) in [5.74, 6) is 0.570. The van der Waals surface area contributed by atoms with E-state index in [-0.39, 0.29) is 17.7 Å². The van der Waals surface area contributed by atoms with Crippen molar-refractivity contribution in [2.45, 2.75) is 17.7 Å². The van der Waals surface area contributed by atoms with E-state index in [1.165, 1.54) is 6.07 Å². The Hall–Kier alpha value is -0.930. The monoisotopic (exact) mass is 290 g/mol. The molecule has 2 N–H and O–H groups in total. The number of hydrogen-bond donors (Lipinski definition) is 2. The standard InChI is InChI=1S/C11H18N2O5S/c1-12-6-9-2-3-11(18-9)19(14,15)13-7-10-8-16-4-5-17-10/h2-3,10,12-13H,4-8H2,1H3. The van der Waals surface area contributed by atoms with Crippen molar-refractivity contribution < 1.29 is 22.3 Å². The summed E-state index contributed by atoms with van der Waals surface area (Å²) in [5, 5.41) is 2.80. The lowest BCUT2D eigenvalue weighted by atomic mass is 10.3. The third kappa shape index (κ3) is 4.02. The van der Waals surface area contributed by atoms with Gasteiger partial charge in [0.05, 0.1) is 32.5 Å². The molecule has 2 rings (SSSR count). The number of nitrogens with one attached hydrogen (secondary N) is 2. The Kier molecular flexibility index (Phi) is 4.94. The molecule has 2 heterocycles. The van der Waals surface area contributed by atoms with Crippen LogP contribution in [0.4, 0.5) is 0 Å². The van der Waals surface area contributed by atoms with Crippen LogP contribution in [0.3, 0.4) is 0 Å². The van der Waals surface area contributed by atoms with E-state index >= 15 is 0 Å². The van der Waals surface area contributed by atoms with Gasteiger partial charge in [-0.2, -0.15) is 0 Å². The molecule has 0 amide bonds. The van der Waals surface area contributed by atoms with Crippen molar-refractivity contribution in [3.05, 3.63) is 17.9 Å². The van der Waals surface area contributed by atoms with Crippen LogP contribution in [0.1, 0.15) is 5.76 Å². The summed E-state index contributed by atoms with van der Waals surface area (Å²) in [6.45, 7) is 2.08. The summed E-state index contributed by atoms with van der Waals surface area (Å²) in [6, 6.07) is 3.07. The fourth-order valence-corrected chi connectivity index (χ4v) is 2.71. The average molecular weight is 290 g/mol. The highest BCUT2D eigenvalue weighted by atomic mass is 32.2. The van der Waals surface area contributed by atoms with Gasteiger partial charge in [0.15, 0.2) is 0 Å². The van der Waals surface area contributed by atoms with Crippen molar-refractivity contribution >= 4 is 10.0 Å². The Morgan fingerprint density at radius 3 is 2.89 bits per heavy atom. The van der Waals surface area contributed by atoms with Gasteiger partial charge in [-0.1, -0.05) is 0 Å². The van der Waals surface area contributed by atoms with Gasteiger partial charge in [0.2, 0.25) is 5.09 Å². The lowest BCUT2D eigenvalue weighted by Gasteiger charge is -2.22. The largest absolute Gasteiger partial charge is 0.447 e. The van der Waals surface area contributed by atoms with E-state index in [1.807, 2.05) is 0 Å². The zero-order chi connectivity index (χ0) is 13.7. The van der Waals surface area contributed by atoms with E-state index < -0.39 is 10.0 Å². The molecule has 0 radical (unpaired) electrons. The first kappa shape index (κ1) is 14.5. The second-order valence-corrected chi connectivity index (χ2v) is 5.87. The maximum atomic E-state index is 12.0. The molecule has 19 heavy (non-hydrogen) atoms. The molecule has 1 unspecified atom stereocenters. The Balaban J connectivity index is 1.92. The normalized spacial score (nSPS) is 20.6. The molecule has 1 saturated heterocycles. The minimum absolute atomic E-state index is 0.0884. The molecule has 108 valence electrons. The van der Waals surface area contributed by atoms with Gasteiger partial charge in [-0.05, 0) is 19.2 Å². The van der Waals surface area contributed by atoms with E-state index in [0.717, 1.165) is 0 Å². The topological polar surface area (TPSA) is 89.8 Å². The van der Waals surface area contributed by atoms with Crippen molar-refractivity contribution in [3.8, 4) is 0 Å². The van der Waals surface area contributed by atoms with Crippen molar-refractivity contribution in [1.82, 2.24) is 10.0 Å². The number of furan rings is 1. The summed E-state index contributed by atoms with van der Waals surface area (Å²) in [6.07, 6.45) is -0.254. The summed E-state index contributed by atoms with van der Waals surface area (Å²) >= 11 is 0. The van der Waals surface area contributed by atoms with E-state index in [2.05, 4.69) is 10.0 Å². The van der Waals surface area contributed by atoms with E-state index in [1.54, 1.807) is 13.1 Å². The zero-order valence-corrected chi connectivity index (χ0v) is 11.5. The van der Waals surface area contributed by atoms with Crippen LogP contribution in [-0.4, -0.2) is 47.9 Å². The highest BCUT2D eigenvalue weighted by Crippen LogP contribution is 2.13. The molecule has 0 spiro atoms. The first-order chi connectivity index (χ1) is 9.12. The fraction of sp³-hybridized carbons (Fsp3) is 0.636. The molecule has 1 aromatic heterocycles. The van der Waals surface area contributed by atoms with Crippen molar-refractivity contribution in [1.29, 1.82) is 0 Å². The molecule has 8 heteroatoms. The first-order valence-corrected chi connectivity index (χ1v) is 7.52. The molecular formula is C11H18N2O5S. The predicted octanol–water partition coefficient (Wildman–Crippen LogP) is -0.307. The Labute approximate surface area is 112 Å². The fourth-order valence-electron chi connectivity index (χ4n) is 1.70. The Morgan fingerprint density at radius 2 is 2.21 bits per heavy atom. The van der Waals surface area contributed by atoms with Crippen molar-refractivity contribution in [3.63, 3.8) is 0 Å². The molecule has 7 nitrogen and oxygen atoms in total. The third-order valence-corrected chi connectivity index (χ3v) is 3.93. The molecular weight excluding hydrogens is 272 g/mol. The lowest BCUT2D eigenvalue weighted by Crippen LogP contribution is -2.39. The van der Waals surface area contributed by atoms with Crippen molar-refractivity contribution in [2.75, 3.05) is 33.4 Å². The Bertz CT molecular complexity index is 493. The zero-order valence-electron chi connectivity index (χ0n) is 10.7. The van der Waals surface area contributed by atoms with Gasteiger partial charge < -0.3 is 19.2 Å². The predicted molar refractivity (Wildman–Crippen MR) is 67.2 cm³/mol. The third-order valence-electron chi connectivity index (χ3n) is 2.64. The Morgan fingerprint density at radius 1 is 1.37 bits per heavy atom. The van der Waals surface area contributed by atoms with Gasteiger partial charge in [-0.25, -0.2) is 13.1 Å². The van der Waals surface area contributed by atoms with Crippen LogP contribution < -0.4 is 10.0 Å². The molecule has 0 aromatic carbocycles. The quantitative estimate of drug-likeness (QED) is 0.747. The second kappa shape index (κ2) is 6.49. The summed E-state index contributed by atoms with van der Waals surface area (Å²) < 4.78 is 42.2. The number of sulfonamides is 1. The number of rotatable bonds is 6.